The molecule has 0 aliphatic heterocycles. The Bertz CT molecular complexity index is 933. The minimum atomic E-state index is -0.580. The molecule has 0 bridgehead atoms. The Kier molecular flexibility index (Phi) is 4.26. The molecule has 1 amide bonds. The molecule has 0 saturated carbocycles. The van der Waals surface area contributed by atoms with Crippen molar-refractivity contribution in [3.63, 3.8) is 0 Å². The van der Waals surface area contributed by atoms with Crippen molar-refractivity contribution in [3.8, 4) is 5.75 Å². The molecule has 0 saturated heterocycles. The van der Waals surface area contributed by atoms with Crippen molar-refractivity contribution in [2.24, 2.45) is 12.8 Å². The van der Waals surface area contributed by atoms with Crippen LogP contribution in [0.2, 0.25) is 10.0 Å². The number of primary amides is 1. The van der Waals surface area contributed by atoms with E-state index in [9.17, 15) is 4.79 Å². The highest BCUT2D eigenvalue weighted by Crippen LogP contribution is 2.34. The molecule has 8 heteroatoms. The summed E-state index contributed by atoms with van der Waals surface area (Å²) in [6, 6.07) is 8.52. The molecule has 3 rings (SSSR count). The number of anilines is 2. The number of amides is 1. The summed E-state index contributed by atoms with van der Waals surface area (Å²) in [6.45, 7) is 0. The van der Waals surface area contributed by atoms with Gasteiger partial charge in [0, 0.05) is 13.1 Å². The second kappa shape index (κ2) is 6.22. The summed E-state index contributed by atoms with van der Waals surface area (Å²) < 4.78 is 7.04. The lowest BCUT2D eigenvalue weighted by molar-refractivity contribution is 0.0997. The van der Waals surface area contributed by atoms with Gasteiger partial charge in [-0.25, -0.2) is 4.98 Å². The van der Waals surface area contributed by atoms with Crippen LogP contribution < -0.4 is 15.8 Å². The van der Waals surface area contributed by atoms with Crippen molar-refractivity contribution < 1.29 is 9.53 Å². The molecule has 0 fully saturated rings. The smallest absolute Gasteiger partial charge is 0.252 e. The van der Waals surface area contributed by atoms with Crippen molar-refractivity contribution in [3.05, 3.63) is 45.9 Å². The van der Waals surface area contributed by atoms with Gasteiger partial charge in [-0.2, -0.15) is 0 Å². The molecule has 3 aromatic rings. The molecule has 1 heterocycles. The fraction of sp³-hybridized carbons (Fsp3) is 0.125. The van der Waals surface area contributed by atoms with Crippen LogP contribution in [0.4, 0.5) is 11.6 Å². The number of fused-ring (bicyclic) bond motifs is 1. The number of hydrogen-bond donors (Lipinski definition) is 2. The van der Waals surface area contributed by atoms with Crippen LogP contribution in [0.25, 0.3) is 11.0 Å². The maximum absolute atomic E-state index is 11.6. The third kappa shape index (κ3) is 2.74. The second-order valence-corrected chi connectivity index (χ2v) is 5.94. The number of aromatic nitrogens is 2. The summed E-state index contributed by atoms with van der Waals surface area (Å²) >= 11 is 12.4. The molecule has 24 heavy (non-hydrogen) atoms. The van der Waals surface area contributed by atoms with Gasteiger partial charge in [-0.1, -0.05) is 29.3 Å². The lowest BCUT2D eigenvalue weighted by Gasteiger charge is -2.10. The van der Waals surface area contributed by atoms with Crippen molar-refractivity contribution in [1.82, 2.24) is 9.55 Å². The Balaban J connectivity index is 2.13. The number of ether oxygens (including phenoxy) is 1. The number of nitrogens with two attached hydrogens (primary N) is 1. The van der Waals surface area contributed by atoms with Gasteiger partial charge in [-0.3, -0.25) is 4.79 Å². The highest BCUT2D eigenvalue weighted by molar-refractivity contribution is 6.39. The van der Waals surface area contributed by atoms with Crippen LogP contribution in [-0.2, 0) is 7.05 Å². The number of hydrogen-bond acceptors (Lipinski definition) is 4. The zero-order chi connectivity index (χ0) is 17.4. The second-order valence-electron chi connectivity index (χ2n) is 5.12. The Morgan fingerprint density at radius 2 is 1.96 bits per heavy atom. The normalized spacial score (nSPS) is 10.8. The van der Waals surface area contributed by atoms with Gasteiger partial charge >= 0.3 is 0 Å². The number of para-hydroxylation sites is 1. The van der Waals surface area contributed by atoms with Crippen LogP contribution >= 0.6 is 23.2 Å². The molecule has 6 nitrogen and oxygen atoms in total. The zero-order valence-corrected chi connectivity index (χ0v) is 14.4. The summed E-state index contributed by atoms with van der Waals surface area (Å²) in [5.41, 5.74) is 7.57. The van der Waals surface area contributed by atoms with Gasteiger partial charge in [0.25, 0.3) is 5.91 Å². The summed E-state index contributed by atoms with van der Waals surface area (Å²) in [6.07, 6.45) is 0. The SMILES string of the molecule is COc1cc2c(cc1C(N)=O)nc(Nc1c(Cl)cccc1Cl)n2C. The predicted octanol–water partition coefficient (Wildman–Crippen LogP) is 3.73. The number of halogens is 2. The number of imidazole rings is 1. The summed E-state index contributed by atoms with van der Waals surface area (Å²) in [7, 11) is 3.30. The largest absolute Gasteiger partial charge is 0.496 e. The van der Waals surface area contributed by atoms with E-state index >= 15 is 0 Å². The average molecular weight is 365 g/mol. The van der Waals surface area contributed by atoms with E-state index in [4.69, 9.17) is 33.7 Å². The van der Waals surface area contributed by atoms with Gasteiger partial charge in [-0.05, 0) is 18.2 Å². The minimum Gasteiger partial charge on any atom is -0.496 e. The van der Waals surface area contributed by atoms with E-state index in [0.717, 1.165) is 5.52 Å². The summed E-state index contributed by atoms with van der Waals surface area (Å²) in [5, 5.41) is 4.07. The molecule has 0 radical (unpaired) electrons. The fourth-order valence-electron chi connectivity index (χ4n) is 2.42. The number of benzene rings is 2. The van der Waals surface area contributed by atoms with Gasteiger partial charge in [0.05, 0.1) is 39.4 Å². The highest BCUT2D eigenvalue weighted by atomic mass is 35.5. The number of carbonyl (C=O) groups is 1. The molecule has 2 aromatic carbocycles. The Morgan fingerprint density at radius 3 is 2.54 bits per heavy atom. The van der Waals surface area contributed by atoms with Gasteiger partial charge in [0.1, 0.15) is 5.75 Å². The van der Waals surface area contributed by atoms with Gasteiger partial charge in [0.2, 0.25) is 5.95 Å². The van der Waals surface area contributed by atoms with Crippen molar-refractivity contribution in [2.75, 3.05) is 12.4 Å². The maximum atomic E-state index is 11.6. The van der Waals surface area contributed by atoms with E-state index in [1.165, 1.54) is 7.11 Å². The van der Waals surface area contributed by atoms with E-state index in [1.807, 2.05) is 11.6 Å². The quantitative estimate of drug-likeness (QED) is 0.738. The first-order chi connectivity index (χ1) is 11.4. The number of aryl methyl sites for hydroxylation is 1. The van der Waals surface area contributed by atoms with Crippen LogP contribution in [-0.4, -0.2) is 22.6 Å². The third-order valence-corrected chi connectivity index (χ3v) is 4.30. The van der Waals surface area contributed by atoms with Crippen molar-refractivity contribution in [1.29, 1.82) is 0 Å². The van der Waals surface area contributed by atoms with Gasteiger partial charge < -0.3 is 20.4 Å². The monoisotopic (exact) mass is 364 g/mol. The Morgan fingerprint density at radius 1 is 1.29 bits per heavy atom. The Labute approximate surface area is 148 Å². The van der Waals surface area contributed by atoms with Gasteiger partial charge in [0.15, 0.2) is 0 Å². The number of nitrogens with one attached hydrogen (secondary N) is 1. The van der Waals surface area contributed by atoms with Crippen LogP contribution in [0.5, 0.6) is 5.75 Å². The average Bonchev–Trinajstić information content (AvgIpc) is 2.85. The van der Waals surface area contributed by atoms with Crippen molar-refractivity contribution in [2.45, 2.75) is 0 Å². The molecule has 0 atom stereocenters. The molecule has 1 aromatic heterocycles. The first-order valence-electron chi connectivity index (χ1n) is 6.97. The predicted molar refractivity (Wildman–Crippen MR) is 95.5 cm³/mol. The van der Waals surface area contributed by atoms with E-state index in [1.54, 1.807) is 30.3 Å². The number of methoxy groups -OCH3 is 1. The zero-order valence-electron chi connectivity index (χ0n) is 12.9. The number of nitrogens with zero attached hydrogens (tertiary/aromatic N) is 2. The van der Waals surface area contributed by atoms with Crippen LogP contribution in [0.3, 0.4) is 0 Å². The van der Waals surface area contributed by atoms with Gasteiger partial charge in [-0.15, -0.1) is 0 Å². The fourth-order valence-corrected chi connectivity index (χ4v) is 2.91. The van der Waals surface area contributed by atoms with Crippen LogP contribution in [0, 0.1) is 0 Å². The first-order valence-corrected chi connectivity index (χ1v) is 7.73. The molecule has 0 aliphatic carbocycles. The standard InChI is InChI=1S/C16H14Cl2N4O2/c1-22-12-7-13(24-2)8(15(19)23)6-11(12)20-16(22)21-14-9(17)4-3-5-10(14)18/h3-7H,1-2H3,(H2,19,23)(H,20,21). The molecule has 3 N–H and O–H groups in total. The topological polar surface area (TPSA) is 82.2 Å². The van der Waals surface area contributed by atoms with E-state index in [0.29, 0.717) is 32.9 Å². The van der Waals surface area contributed by atoms with Crippen LogP contribution in [0.15, 0.2) is 30.3 Å². The molecular weight excluding hydrogens is 351 g/mol. The molecule has 0 unspecified atom stereocenters. The number of carbonyl (C=O) groups excluding carboxylic acids is 1. The first kappa shape index (κ1) is 16.4. The molecule has 0 spiro atoms. The maximum Gasteiger partial charge on any atom is 0.252 e. The number of rotatable bonds is 4. The third-order valence-electron chi connectivity index (χ3n) is 3.67. The minimum absolute atomic E-state index is 0.269. The Hall–Kier alpha value is -2.44. The van der Waals surface area contributed by atoms with E-state index < -0.39 is 5.91 Å². The van der Waals surface area contributed by atoms with E-state index in [-0.39, 0.29) is 5.56 Å². The lowest BCUT2D eigenvalue weighted by atomic mass is 10.1. The van der Waals surface area contributed by atoms with Crippen molar-refractivity contribution >= 4 is 51.8 Å². The molecule has 124 valence electrons. The summed E-state index contributed by atoms with van der Waals surface area (Å²) in [4.78, 5) is 16.0. The van der Waals surface area contributed by atoms with E-state index in [2.05, 4.69) is 10.3 Å². The van der Waals surface area contributed by atoms with Crippen LogP contribution in [0.1, 0.15) is 10.4 Å². The molecular formula is C16H14Cl2N4O2. The lowest BCUT2D eigenvalue weighted by Crippen LogP contribution is -2.12. The summed E-state index contributed by atoms with van der Waals surface area (Å²) in [5.74, 6) is 0.326. The highest BCUT2D eigenvalue weighted by Gasteiger charge is 2.16. The molecule has 0 aliphatic rings.